The van der Waals surface area contributed by atoms with Crippen molar-refractivity contribution in [3.05, 3.63) is 64.2 Å². The van der Waals surface area contributed by atoms with Gasteiger partial charge in [0.1, 0.15) is 11.0 Å². The monoisotopic (exact) mass is 361 g/mol. The van der Waals surface area contributed by atoms with E-state index < -0.39 is 22.1 Å². The fourth-order valence-electron chi connectivity index (χ4n) is 1.87. The van der Waals surface area contributed by atoms with Crippen LogP contribution < -0.4 is 4.74 Å². The van der Waals surface area contributed by atoms with E-state index >= 15 is 0 Å². The highest BCUT2D eigenvalue weighted by molar-refractivity contribution is 8.00. The Bertz CT molecular complexity index is 773. The molecule has 8 heteroatoms. The quantitative estimate of drug-likeness (QED) is 0.255. The van der Waals surface area contributed by atoms with Gasteiger partial charge in [-0.15, -0.1) is 11.8 Å². The summed E-state index contributed by atoms with van der Waals surface area (Å²) < 4.78 is 9.85. The molecule has 25 heavy (non-hydrogen) atoms. The summed E-state index contributed by atoms with van der Waals surface area (Å²) in [6, 6.07) is 11.9. The number of carbonyl (C=O) groups is 2. The number of nitro benzene ring substituents is 1. The van der Waals surface area contributed by atoms with E-state index in [0.29, 0.717) is 11.3 Å². The molecule has 0 N–H and O–H groups in total. The van der Waals surface area contributed by atoms with E-state index in [1.165, 1.54) is 55.3 Å². The smallest absolute Gasteiger partial charge is 0.337 e. The second-order valence-corrected chi connectivity index (χ2v) is 6.36. The first-order chi connectivity index (χ1) is 11.9. The number of esters is 2. The molecule has 0 saturated carbocycles. The number of methoxy groups -OCH3 is 1. The van der Waals surface area contributed by atoms with Crippen molar-refractivity contribution in [3.8, 4) is 5.75 Å². The van der Waals surface area contributed by atoms with Crippen LogP contribution in [0.4, 0.5) is 5.69 Å². The molecule has 2 rings (SSSR count). The topological polar surface area (TPSA) is 95.7 Å². The molecule has 0 aliphatic carbocycles. The Morgan fingerprint density at radius 1 is 1.08 bits per heavy atom. The Hall–Kier alpha value is -2.87. The van der Waals surface area contributed by atoms with Crippen LogP contribution in [0.15, 0.2) is 53.4 Å². The summed E-state index contributed by atoms with van der Waals surface area (Å²) in [5.74, 6) is -0.622. The van der Waals surface area contributed by atoms with Gasteiger partial charge in [-0.3, -0.25) is 14.9 Å². The molecule has 0 heterocycles. The molecule has 2 aromatic carbocycles. The summed E-state index contributed by atoms with van der Waals surface area (Å²) in [5, 5.41) is 10.1. The number of hydrogen-bond acceptors (Lipinski definition) is 7. The molecule has 1 atom stereocenters. The first-order valence-corrected chi connectivity index (χ1v) is 8.10. The Kier molecular flexibility index (Phi) is 6.13. The summed E-state index contributed by atoms with van der Waals surface area (Å²) in [6.07, 6.45) is 0. The third kappa shape index (κ3) is 5.05. The van der Waals surface area contributed by atoms with Crippen LogP contribution in [0.3, 0.4) is 0 Å². The summed E-state index contributed by atoms with van der Waals surface area (Å²) in [4.78, 5) is 34.3. The van der Waals surface area contributed by atoms with Crippen LogP contribution in [0.2, 0.25) is 0 Å². The molecule has 130 valence electrons. The largest absolute Gasteiger partial charge is 0.465 e. The number of rotatable bonds is 6. The molecule has 0 radical (unpaired) electrons. The molecule has 2 aromatic rings. The average molecular weight is 361 g/mol. The van der Waals surface area contributed by atoms with Crippen LogP contribution >= 0.6 is 11.8 Å². The van der Waals surface area contributed by atoms with Gasteiger partial charge in [0.15, 0.2) is 0 Å². The highest BCUT2D eigenvalue weighted by atomic mass is 32.2. The summed E-state index contributed by atoms with van der Waals surface area (Å²) in [6.45, 7) is 1.68. The summed E-state index contributed by atoms with van der Waals surface area (Å²) in [5.41, 5.74) is 0.348. The Morgan fingerprint density at radius 2 is 1.68 bits per heavy atom. The van der Waals surface area contributed by atoms with Crippen molar-refractivity contribution in [2.45, 2.75) is 17.1 Å². The maximum Gasteiger partial charge on any atom is 0.337 e. The van der Waals surface area contributed by atoms with E-state index in [1.807, 2.05) is 0 Å². The molecule has 0 bridgehead atoms. The molecule has 7 nitrogen and oxygen atoms in total. The molecule has 0 fully saturated rings. The summed E-state index contributed by atoms with van der Waals surface area (Å²) >= 11 is 1.23. The van der Waals surface area contributed by atoms with Crippen molar-refractivity contribution < 1.29 is 24.0 Å². The van der Waals surface area contributed by atoms with Gasteiger partial charge in [0.2, 0.25) is 0 Å². The first-order valence-electron chi connectivity index (χ1n) is 7.22. The molecule has 0 spiro atoms. The molecule has 0 unspecified atom stereocenters. The fourth-order valence-corrected chi connectivity index (χ4v) is 2.72. The van der Waals surface area contributed by atoms with Crippen LogP contribution in [0.25, 0.3) is 0 Å². The third-order valence-electron chi connectivity index (χ3n) is 3.19. The van der Waals surface area contributed by atoms with Crippen molar-refractivity contribution in [2.75, 3.05) is 7.11 Å². The number of ether oxygens (including phenoxy) is 2. The van der Waals surface area contributed by atoms with Crippen LogP contribution in [-0.2, 0) is 9.53 Å². The minimum Gasteiger partial charge on any atom is -0.465 e. The number of benzene rings is 2. The van der Waals surface area contributed by atoms with Crippen molar-refractivity contribution in [1.29, 1.82) is 0 Å². The molecular weight excluding hydrogens is 346 g/mol. The molecule has 0 amide bonds. The van der Waals surface area contributed by atoms with Crippen LogP contribution in [0, 0.1) is 10.1 Å². The maximum absolute atomic E-state index is 12.1. The number of nitrogens with zero attached hydrogens (tertiary/aromatic N) is 1. The van der Waals surface area contributed by atoms with Gasteiger partial charge >= 0.3 is 11.9 Å². The second-order valence-electron chi connectivity index (χ2n) is 4.95. The maximum atomic E-state index is 12.1. The van der Waals surface area contributed by atoms with Gasteiger partial charge in [0.25, 0.3) is 5.69 Å². The zero-order valence-corrected chi connectivity index (χ0v) is 14.3. The second kappa shape index (κ2) is 8.29. The van der Waals surface area contributed by atoms with Crippen molar-refractivity contribution in [3.63, 3.8) is 0 Å². The molecular formula is C17H15NO6S. The lowest BCUT2D eigenvalue weighted by Gasteiger charge is -2.11. The van der Waals surface area contributed by atoms with Gasteiger partial charge in [-0.25, -0.2) is 4.79 Å². The molecule has 0 saturated heterocycles. The van der Waals surface area contributed by atoms with E-state index in [-0.39, 0.29) is 5.69 Å². The number of non-ortho nitro benzene ring substituents is 1. The fraction of sp³-hybridized carbons (Fsp3) is 0.176. The van der Waals surface area contributed by atoms with Gasteiger partial charge in [-0.05, 0) is 43.3 Å². The zero-order chi connectivity index (χ0) is 18.4. The average Bonchev–Trinajstić information content (AvgIpc) is 2.62. The lowest BCUT2D eigenvalue weighted by molar-refractivity contribution is -0.384. The number of carbonyl (C=O) groups excluding carboxylic acids is 2. The standard InChI is InChI=1S/C17H15NO6S/c1-11(25-15-9-5-13(6-10-15)18(21)22)16(19)24-14-7-3-12(4-8-14)17(20)23-2/h3-11H,1-2H3/t11-/m1/s1. The van der Waals surface area contributed by atoms with Crippen molar-refractivity contribution >= 4 is 29.4 Å². The molecule has 0 aromatic heterocycles. The zero-order valence-electron chi connectivity index (χ0n) is 13.5. The van der Waals surface area contributed by atoms with Crippen molar-refractivity contribution in [2.24, 2.45) is 0 Å². The van der Waals surface area contributed by atoms with E-state index in [0.717, 1.165) is 4.90 Å². The van der Waals surface area contributed by atoms with Crippen LogP contribution in [-0.4, -0.2) is 29.2 Å². The van der Waals surface area contributed by atoms with Crippen LogP contribution in [0.1, 0.15) is 17.3 Å². The minimum absolute atomic E-state index is 0.00900. The van der Waals surface area contributed by atoms with Gasteiger partial charge in [0.05, 0.1) is 17.6 Å². The highest BCUT2D eigenvalue weighted by Gasteiger charge is 2.18. The normalized spacial score (nSPS) is 11.4. The third-order valence-corrected chi connectivity index (χ3v) is 4.28. The Morgan fingerprint density at radius 3 is 2.20 bits per heavy atom. The molecule has 0 aliphatic rings. The first kappa shape index (κ1) is 18.5. The van der Waals surface area contributed by atoms with Gasteiger partial charge < -0.3 is 9.47 Å². The van der Waals surface area contributed by atoms with E-state index in [2.05, 4.69) is 4.74 Å². The van der Waals surface area contributed by atoms with E-state index in [4.69, 9.17) is 4.74 Å². The van der Waals surface area contributed by atoms with E-state index in [1.54, 1.807) is 19.1 Å². The number of nitro groups is 1. The summed E-state index contributed by atoms with van der Waals surface area (Å²) in [7, 11) is 1.29. The van der Waals surface area contributed by atoms with Gasteiger partial charge in [-0.2, -0.15) is 0 Å². The van der Waals surface area contributed by atoms with E-state index in [9.17, 15) is 19.7 Å². The van der Waals surface area contributed by atoms with Gasteiger partial charge in [0, 0.05) is 17.0 Å². The number of thioether (sulfide) groups is 1. The van der Waals surface area contributed by atoms with Crippen molar-refractivity contribution in [1.82, 2.24) is 0 Å². The Balaban J connectivity index is 1.95. The predicted molar refractivity (Wildman–Crippen MR) is 91.8 cm³/mol. The van der Waals surface area contributed by atoms with Crippen LogP contribution in [0.5, 0.6) is 5.75 Å². The Labute approximate surface area is 148 Å². The SMILES string of the molecule is COC(=O)c1ccc(OC(=O)[C@@H](C)Sc2ccc([N+](=O)[O-])cc2)cc1. The molecule has 0 aliphatic heterocycles. The lowest BCUT2D eigenvalue weighted by atomic mass is 10.2. The minimum atomic E-state index is -0.512. The predicted octanol–water partition coefficient (Wildman–Crippen LogP) is 3.47. The highest BCUT2D eigenvalue weighted by Crippen LogP contribution is 2.26. The number of hydrogen-bond donors (Lipinski definition) is 0. The van der Waals surface area contributed by atoms with Gasteiger partial charge in [-0.1, -0.05) is 0 Å². The lowest BCUT2D eigenvalue weighted by Crippen LogP contribution is -2.19.